The second-order valence-electron chi connectivity index (χ2n) is 4.86. The minimum Gasteiger partial charge on any atom is -0.353 e. The third-order valence-electron chi connectivity index (χ3n) is 2.93. The standard InChI is InChI=1S/C15H20F3N3O2.ClH/c1-2-7-19-8-9-20-13(22)10-21-14(23)11-3-5-12(6-4-11)15(16,17)18;/h3-6,19H,2,7-10H2,1H3,(H,20,22)(H,21,23);1H. The summed E-state index contributed by atoms with van der Waals surface area (Å²) in [6.07, 6.45) is -3.45. The number of amides is 2. The summed E-state index contributed by atoms with van der Waals surface area (Å²) in [5.41, 5.74) is -0.762. The van der Waals surface area contributed by atoms with Crippen LogP contribution in [0.3, 0.4) is 0 Å². The maximum absolute atomic E-state index is 12.4. The van der Waals surface area contributed by atoms with Crippen LogP contribution >= 0.6 is 12.4 Å². The highest BCUT2D eigenvalue weighted by atomic mass is 35.5. The predicted octanol–water partition coefficient (Wildman–Crippen LogP) is 1.97. The first-order chi connectivity index (χ1) is 10.8. The van der Waals surface area contributed by atoms with E-state index < -0.39 is 17.6 Å². The number of benzene rings is 1. The number of halogens is 4. The van der Waals surface area contributed by atoms with Crippen molar-refractivity contribution in [3.8, 4) is 0 Å². The number of carbonyl (C=O) groups excluding carboxylic acids is 2. The van der Waals surface area contributed by atoms with Crippen molar-refractivity contribution in [1.82, 2.24) is 16.0 Å². The Bertz CT molecular complexity index is 522. The van der Waals surface area contributed by atoms with Crippen LogP contribution in [0.5, 0.6) is 0 Å². The molecule has 3 N–H and O–H groups in total. The number of rotatable bonds is 8. The summed E-state index contributed by atoms with van der Waals surface area (Å²) in [5, 5.41) is 8.07. The van der Waals surface area contributed by atoms with Crippen molar-refractivity contribution in [2.75, 3.05) is 26.2 Å². The van der Waals surface area contributed by atoms with Crippen molar-refractivity contribution in [3.05, 3.63) is 35.4 Å². The van der Waals surface area contributed by atoms with Gasteiger partial charge in [-0.3, -0.25) is 9.59 Å². The number of carbonyl (C=O) groups is 2. The lowest BCUT2D eigenvalue weighted by atomic mass is 10.1. The maximum Gasteiger partial charge on any atom is 0.416 e. The predicted molar refractivity (Wildman–Crippen MR) is 87.2 cm³/mol. The molecule has 1 aromatic rings. The van der Waals surface area contributed by atoms with Crippen LogP contribution < -0.4 is 16.0 Å². The number of alkyl halides is 3. The van der Waals surface area contributed by atoms with Gasteiger partial charge in [0.2, 0.25) is 5.91 Å². The van der Waals surface area contributed by atoms with Gasteiger partial charge in [-0.25, -0.2) is 0 Å². The Labute approximate surface area is 144 Å². The minimum atomic E-state index is -4.44. The van der Waals surface area contributed by atoms with Gasteiger partial charge in [-0.1, -0.05) is 6.92 Å². The Hall–Kier alpha value is -1.80. The van der Waals surface area contributed by atoms with Crippen LogP contribution in [0.1, 0.15) is 29.3 Å². The first kappa shape index (κ1) is 22.2. The smallest absolute Gasteiger partial charge is 0.353 e. The van der Waals surface area contributed by atoms with Crippen LogP contribution in [0.15, 0.2) is 24.3 Å². The fourth-order valence-corrected chi connectivity index (χ4v) is 1.73. The van der Waals surface area contributed by atoms with Crippen molar-refractivity contribution in [3.63, 3.8) is 0 Å². The van der Waals surface area contributed by atoms with Crippen LogP contribution in [0.2, 0.25) is 0 Å². The van der Waals surface area contributed by atoms with Crippen LogP contribution in [0.25, 0.3) is 0 Å². The molecule has 136 valence electrons. The minimum absolute atomic E-state index is 0. The lowest BCUT2D eigenvalue weighted by Crippen LogP contribution is -2.39. The summed E-state index contributed by atoms with van der Waals surface area (Å²) in [6, 6.07) is 3.80. The molecule has 0 spiro atoms. The zero-order valence-electron chi connectivity index (χ0n) is 13.2. The Morgan fingerprint density at radius 3 is 2.17 bits per heavy atom. The van der Waals surface area contributed by atoms with Gasteiger partial charge in [-0.15, -0.1) is 12.4 Å². The summed E-state index contributed by atoms with van der Waals surface area (Å²) in [5.74, 6) is -0.957. The molecule has 24 heavy (non-hydrogen) atoms. The van der Waals surface area contributed by atoms with Gasteiger partial charge in [0.15, 0.2) is 0 Å². The van der Waals surface area contributed by atoms with E-state index in [4.69, 9.17) is 0 Å². The summed E-state index contributed by atoms with van der Waals surface area (Å²) in [7, 11) is 0. The highest BCUT2D eigenvalue weighted by Gasteiger charge is 2.30. The molecule has 0 radical (unpaired) electrons. The van der Waals surface area contributed by atoms with Crippen LogP contribution in [0, 0.1) is 0 Å². The SMILES string of the molecule is CCCNCCNC(=O)CNC(=O)c1ccc(C(F)(F)F)cc1.Cl. The lowest BCUT2D eigenvalue weighted by Gasteiger charge is -2.09. The Balaban J connectivity index is 0.00000529. The lowest BCUT2D eigenvalue weighted by molar-refractivity contribution is -0.137. The normalized spacial score (nSPS) is 10.7. The largest absolute Gasteiger partial charge is 0.416 e. The van der Waals surface area contributed by atoms with E-state index in [1.807, 2.05) is 6.92 Å². The molecule has 5 nitrogen and oxygen atoms in total. The first-order valence-electron chi connectivity index (χ1n) is 7.27. The molecule has 1 rings (SSSR count). The van der Waals surface area contributed by atoms with Crippen LogP contribution in [-0.2, 0) is 11.0 Å². The summed E-state index contributed by atoms with van der Waals surface area (Å²) < 4.78 is 37.2. The van der Waals surface area contributed by atoms with Gasteiger partial charge < -0.3 is 16.0 Å². The molecule has 0 bridgehead atoms. The number of nitrogens with one attached hydrogen (secondary N) is 3. The van der Waals surface area contributed by atoms with Gasteiger partial charge in [0.1, 0.15) is 0 Å². The second-order valence-corrected chi connectivity index (χ2v) is 4.86. The van der Waals surface area contributed by atoms with Gasteiger partial charge in [0.05, 0.1) is 12.1 Å². The number of hydrogen-bond donors (Lipinski definition) is 3. The van der Waals surface area contributed by atoms with Crippen molar-refractivity contribution < 1.29 is 22.8 Å². The second kappa shape index (κ2) is 10.9. The molecule has 0 saturated heterocycles. The van der Waals surface area contributed by atoms with E-state index in [-0.39, 0.29) is 30.4 Å². The van der Waals surface area contributed by atoms with Gasteiger partial charge in [0.25, 0.3) is 5.91 Å². The number of hydrogen-bond acceptors (Lipinski definition) is 3. The quantitative estimate of drug-likeness (QED) is 0.615. The molecule has 0 unspecified atom stereocenters. The van der Waals surface area contributed by atoms with Gasteiger partial charge in [0, 0.05) is 18.7 Å². The topological polar surface area (TPSA) is 70.2 Å². The molecule has 0 aliphatic carbocycles. The van der Waals surface area contributed by atoms with E-state index in [0.717, 1.165) is 37.2 Å². The molecule has 9 heteroatoms. The average molecular weight is 368 g/mol. The molecule has 0 saturated carbocycles. The van der Waals surface area contributed by atoms with E-state index in [0.29, 0.717) is 13.1 Å². The molecular formula is C15H21ClF3N3O2. The molecule has 0 aromatic heterocycles. The Kier molecular flexibility index (Phi) is 10.1. The molecular weight excluding hydrogens is 347 g/mol. The Morgan fingerprint density at radius 1 is 1.00 bits per heavy atom. The third kappa shape index (κ3) is 8.16. The fourth-order valence-electron chi connectivity index (χ4n) is 1.73. The van der Waals surface area contributed by atoms with Crippen molar-refractivity contribution in [2.45, 2.75) is 19.5 Å². The molecule has 0 fully saturated rings. The molecule has 2 amide bonds. The molecule has 0 aliphatic rings. The maximum atomic E-state index is 12.4. The molecule has 0 aliphatic heterocycles. The summed E-state index contributed by atoms with van der Waals surface area (Å²) in [4.78, 5) is 23.2. The summed E-state index contributed by atoms with van der Waals surface area (Å²) in [6.45, 7) is 3.73. The van der Waals surface area contributed by atoms with Gasteiger partial charge in [-0.05, 0) is 37.2 Å². The third-order valence-corrected chi connectivity index (χ3v) is 2.93. The highest BCUT2D eigenvalue weighted by molar-refractivity contribution is 5.96. The zero-order chi connectivity index (χ0) is 17.3. The van der Waals surface area contributed by atoms with Crippen molar-refractivity contribution in [1.29, 1.82) is 0 Å². The Morgan fingerprint density at radius 2 is 1.62 bits per heavy atom. The average Bonchev–Trinajstić information content (AvgIpc) is 2.51. The van der Waals surface area contributed by atoms with E-state index in [2.05, 4.69) is 16.0 Å². The van der Waals surface area contributed by atoms with Crippen molar-refractivity contribution in [2.24, 2.45) is 0 Å². The van der Waals surface area contributed by atoms with E-state index >= 15 is 0 Å². The molecule has 0 heterocycles. The summed E-state index contributed by atoms with van der Waals surface area (Å²) >= 11 is 0. The molecule has 1 aromatic carbocycles. The highest BCUT2D eigenvalue weighted by Crippen LogP contribution is 2.28. The van der Waals surface area contributed by atoms with E-state index in [1.165, 1.54) is 0 Å². The van der Waals surface area contributed by atoms with Gasteiger partial charge >= 0.3 is 6.18 Å². The molecule has 0 atom stereocenters. The van der Waals surface area contributed by atoms with E-state index in [9.17, 15) is 22.8 Å². The zero-order valence-corrected chi connectivity index (χ0v) is 14.0. The first-order valence-corrected chi connectivity index (χ1v) is 7.27. The van der Waals surface area contributed by atoms with Gasteiger partial charge in [-0.2, -0.15) is 13.2 Å². The van der Waals surface area contributed by atoms with Crippen molar-refractivity contribution >= 4 is 24.2 Å². The van der Waals surface area contributed by atoms with Crippen LogP contribution in [-0.4, -0.2) is 38.0 Å². The monoisotopic (exact) mass is 367 g/mol. The fraction of sp³-hybridized carbons (Fsp3) is 0.467. The van der Waals surface area contributed by atoms with E-state index in [1.54, 1.807) is 0 Å². The van der Waals surface area contributed by atoms with Crippen LogP contribution in [0.4, 0.5) is 13.2 Å².